The number of halogens is 1. The zero-order chi connectivity index (χ0) is 31.4. The van der Waals surface area contributed by atoms with Crippen molar-refractivity contribution in [2.24, 2.45) is 11.0 Å². The van der Waals surface area contributed by atoms with Gasteiger partial charge in [0, 0.05) is 28.1 Å². The summed E-state index contributed by atoms with van der Waals surface area (Å²) in [5.41, 5.74) is 6.88. The first-order valence-electron chi connectivity index (χ1n) is 13.1. The van der Waals surface area contributed by atoms with E-state index in [2.05, 4.69) is 20.1 Å². The van der Waals surface area contributed by atoms with Crippen LogP contribution in [0.3, 0.4) is 0 Å². The zero-order valence-electron chi connectivity index (χ0n) is 23.9. The quantitative estimate of drug-likeness (QED) is 0.101. The van der Waals surface area contributed by atoms with E-state index in [1.165, 1.54) is 13.8 Å². The fourth-order valence-electron chi connectivity index (χ4n) is 4.35. The number of benzene rings is 1. The Kier molecular flexibility index (Phi) is 10.7. The molecule has 1 saturated heterocycles. The second-order valence-corrected chi connectivity index (χ2v) is 12.2. The number of hydrogen-bond donors (Lipinski definition) is 3. The van der Waals surface area contributed by atoms with Crippen LogP contribution in [0.4, 0.5) is 0 Å². The molecular formula is C25H34ClN6O9P. The Bertz CT molecular complexity index is 1520. The van der Waals surface area contributed by atoms with E-state index in [-0.39, 0.29) is 18.3 Å². The summed E-state index contributed by atoms with van der Waals surface area (Å²) in [5.74, 6) is -1.59. The van der Waals surface area contributed by atoms with Gasteiger partial charge in [0.15, 0.2) is 5.72 Å². The molecule has 0 amide bonds. The van der Waals surface area contributed by atoms with Gasteiger partial charge in [-0.15, -0.1) is 0 Å². The van der Waals surface area contributed by atoms with Gasteiger partial charge in [0.1, 0.15) is 18.0 Å². The van der Waals surface area contributed by atoms with E-state index in [1.54, 1.807) is 26.0 Å². The van der Waals surface area contributed by atoms with Gasteiger partial charge >= 0.3 is 19.4 Å². The number of aromatic nitrogens is 2. The lowest BCUT2D eigenvalue weighted by atomic mass is 9.98. The maximum atomic E-state index is 14.2. The number of carbonyl (C=O) groups excluding carboxylic acids is 1. The van der Waals surface area contributed by atoms with Gasteiger partial charge in [-0.3, -0.25) is 23.7 Å². The standard InChI is InChI=1S/C25H34ClN6O9P/c1-7-38-23(35)16(6)29-42(37,41-19-10-14(4)18(26)11-17(19)13(2)3)39-12-25(30-31-27)21(34)15(5)22(40-25)32-9-8-20(33)28-24(32)36/h8-11,13,15-16,21-22,34H,7,12H2,1-6H3,(H,29,37)(H,28,33,36)/t15-,16+,21-,22+,25+,42?/m1/s1. The highest BCUT2D eigenvalue weighted by molar-refractivity contribution is 7.52. The van der Waals surface area contributed by atoms with Crippen LogP contribution in [0.5, 0.6) is 5.75 Å². The highest BCUT2D eigenvalue weighted by atomic mass is 35.5. The normalized spacial score (nSPS) is 24.1. The average molecular weight is 629 g/mol. The molecule has 230 valence electrons. The fraction of sp³-hybridized carbons (Fsp3) is 0.560. The lowest BCUT2D eigenvalue weighted by Crippen LogP contribution is -2.44. The van der Waals surface area contributed by atoms with Crippen molar-refractivity contribution in [1.29, 1.82) is 0 Å². The molecule has 1 aliphatic rings. The molecule has 1 aromatic carbocycles. The number of hydrogen-bond acceptors (Lipinski definition) is 10. The lowest BCUT2D eigenvalue weighted by molar-refractivity contribution is -0.144. The molecule has 0 radical (unpaired) electrons. The summed E-state index contributed by atoms with van der Waals surface area (Å²) < 4.78 is 37.8. The molecule has 1 fully saturated rings. The zero-order valence-corrected chi connectivity index (χ0v) is 25.6. The topological polar surface area (TPSA) is 207 Å². The van der Waals surface area contributed by atoms with Crippen molar-refractivity contribution in [2.75, 3.05) is 13.2 Å². The van der Waals surface area contributed by atoms with Crippen LogP contribution >= 0.6 is 19.3 Å². The molecule has 1 unspecified atom stereocenters. The van der Waals surface area contributed by atoms with Crippen molar-refractivity contribution in [1.82, 2.24) is 14.6 Å². The van der Waals surface area contributed by atoms with Crippen LogP contribution in [-0.4, -0.2) is 51.7 Å². The van der Waals surface area contributed by atoms with Crippen molar-refractivity contribution in [3.63, 3.8) is 0 Å². The molecule has 1 aliphatic heterocycles. The number of esters is 1. The monoisotopic (exact) mass is 628 g/mol. The first-order chi connectivity index (χ1) is 19.7. The number of aliphatic hydroxyl groups is 1. The minimum atomic E-state index is -4.53. The summed E-state index contributed by atoms with van der Waals surface area (Å²) in [6, 6.07) is 3.13. The van der Waals surface area contributed by atoms with Crippen LogP contribution in [0.25, 0.3) is 10.4 Å². The van der Waals surface area contributed by atoms with Crippen LogP contribution < -0.4 is 20.9 Å². The Morgan fingerprint density at radius 3 is 2.67 bits per heavy atom. The highest BCUT2D eigenvalue weighted by Gasteiger charge is 2.55. The molecule has 0 aliphatic carbocycles. The minimum absolute atomic E-state index is 0.0637. The molecule has 42 heavy (non-hydrogen) atoms. The van der Waals surface area contributed by atoms with E-state index < -0.39 is 61.6 Å². The molecule has 2 heterocycles. The summed E-state index contributed by atoms with van der Waals surface area (Å²) in [4.78, 5) is 41.2. The smallest absolute Gasteiger partial charge is 0.459 e. The van der Waals surface area contributed by atoms with E-state index in [0.717, 1.165) is 16.8 Å². The molecule has 3 N–H and O–H groups in total. The fourth-order valence-corrected chi connectivity index (χ4v) is 6.06. The largest absolute Gasteiger partial charge is 0.465 e. The van der Waals surface area contributed by atoms with Gasteiger partial charge in [-0.05, 0) is 55.5 Å². The van der Waals surface area contributed by atoms with Crippen LogP contribution in [0, 0.1) is 12.8 Å². The molecular weight excluding hydrogens is 595 g/mol. The summed E-state index contributed by atoms with van der Waals surface area (Å²) in [7, 11) is -4.53. The van der Waals surface area contributed by atoms with Gasteiger partial charge in [-0.1, -0.05) is 37.5 Å². The van der Waals surface area contributed by atoms with Crippen molar-refractivity contribution in [3.8, 4) is 5.75 Å². The molecule has 2 aromatic rings. The number of rotatable bonds is 12. The van der Waals surface area contributed by atoms with E-state index >= 15 is 0 Å². The predicted octanol–water partition coefficient (Wildman–Crippen LogP) is 3.90. The first-order valence-corrected chi connectivity index (χ1v) is 15.0. The van der Waals surface area contributed by atoms with E-state index in [0.29, 0.717) is 16.1 Å². The highest BCUT2D eigenvalue weighted by Crippen LogP contribution is 2.50. The summed E-state index contributed by atoms with van der Waals surface area (Å²) >= 11 is 6.31. The summed E-state index contributed by atoms with van der Waals surface area (Å²) in [5, 5.41) is 17.7. The van der Waals surface area contributed by atoms with Crippen LogP contribution in [0.15, 0.2) is 39.1 Å². The number of azide groups is 1. The average Bonchev–Trinajstić information content (AvgIpc) is 3.15. The Morgan fingerprint density at radius 1 is 1.38 bits per heavy atom. The van der Waals surface area contributed by atoms with Crippen molar-refractivity contribution >= 4 is 25.3 Å². The Morgan fingerprint density at radius 2 is 2.07 bits per heavy atom. The maximum Gasteiger partial charge on any atom is 0.459 e. The summed E-state index contributed by atoms with van der Waals surface area (Å²) in [6.45, 7) is 9.20. The third kappa shape index (κ3) is 7.24. The minimum Gasteiger partial charge on any atom is -0.465 e. The molecule has 6 atom stereocenters. The van der Waals surface area contributed by atoms with Gasteiger partial charge in [0.05, 0.1) is 19.3 Å². The molecule has 0 saturated carbocycles. The number of ether oxygens (including phenoxy) is 2. The van der Waals surface area contributed by atoms with Crippen molar-refractivity contribution in [2.45, 2.75) is 71.6 Å². The van der Waals surface area contributed by atoms with E-state index in [1.807, 2.05) is 13.8 Å². The van der Waals surface area contributed by atoms with Crippen molar-refractivity contribution < 1.29 is 33.0 Å². The molecule has 17 heteroatoms. The molecule has 15 nitrogen and oxygen atoms in total. The van der Waals surface area contributed by atoms with E-state index in [9.17, 15) is 29.6 Å². The number of aromatic amines is 1. The second kappa shape index (κ2) is 13.4. The van der Waals surface area contributed by atoms with Crippen LogP contribution in [0.2, 0.25) is 5.02 Å². The van der Waals surface area contributed by atoms with Crippen molar-refractivity contribution in [3.05, 3.63) is 71.8 Å². The first kappa shape index (κ1) is 33.3. The van der Waals surface area contributed by atoms with Gasteiger partial charge in [-0.2, -0.15) is 5.09 Å². The SMILES string of the molecule is CCOC(=O)[C@H](C)NP(=O)(OC[C@]1(N=[N+]=[N-])O[C@H](n2ccc(=O)[nH]c2=O)[C@H](C)[C@H]1O)Oc1cc(C)c(Cl)cc1C(C)C. The van der Waals surface area contributed by atoms with Gasteiger partial charge in [-0.25, -0.2) is 9.36 Å². The number of nitrogens with one attached hydrogen (secondary N) is 2. The number of H-pyrrole nitrogens is 1. The lowest BCUT2D eigenvalue weighted by Gasteiger charge is -2.30. The third-order valence-electron chi connectivity index (χ3n) is 6.64. The van der Waals surface area contributed by atoms with E-state index in [4.69, 9.17) is 30.1 Å². The Balaban J connectivity index is 2.02. The number of aliphatic hydroxyl groups excluding tert-OH is 1. The molecule has 0 bridgehead atoms. The number of nitrogens with zero attached hydrogens (tertiary/aromatic N) is 4. The van der Waals surface area contributed by atoms with Gasteiger partial charge in [0.25, 0.3) is 5.56 Å². The maximum absolute atomic E-state index is 14.2. The Hall–Kier alpha value is -3.16. The number of aryl methyl sites for hydroxylation is 1. The van der Waals surface area contributed by atoms with Crippen LogP contribution in [-0.2, 0) is 23.4 Å². The Labute approximate surface area is 246 Å². The number of carbonyl (C=O) groups is 1. The van der Waals surface area contributed by atoms with Gasteiger partial charge < -0.3 is 19.1 Å². The second-order valence-electron chi connectivity index (χ2n) is 10.1. The van der Waals surface area contributed by atoms with Gasteiger partial charge in [0.2, 0.25) is 0 Å². The summed E-state index contributed by atoms with van der Waals surface area (Å²) in [6.07, 6.45) is -1.62. The predicted molar refractivity (Wildman–Crippen MR) is 152 cm³/mol. The molecule has 3 rings (SSSR count). The van der Waals surface area contributed by atoms with Crippen LogP contribution in [0.1, 0.15) is 57.9 Å². The molecule has 1 aromatic heterocycles. The third-order valence-corrected chi connectivity index (χ3v) is 8.66. The molecule has 0 spiro atoms.